The average Bonchev–Trinajstić information content (AvgIpc) is 2.40. The predicted molar refractivity (Wildman–Crippen MR) is 73.0 cm³/mol. The second kappa shape index (κ2) is 8.16. The predicted octanol–water partition coefficient (Wildman–Crippen LogP) is 0.697. The molecule has 0 saturated carbocycles. The van der Waals surface area contributed by atoms with Gasteiger partial charge in [0.25, 0.3) is 0 Å². The van der Waals surface area contributed by atoms with Gasteiger partial charge < -0.3 is 15.7 Å². The number of carboxylic acids is 1. The average molecular weight is 300 g/mol. The SMILES string of the molecule is O=CNC(CSCC(=O)Nc1ccccc1F)C(=O)O. The molecular weight excluding hydrogens is 287 g/mol. The van der Waals surface area contributed by atoms with Gasteiger partial charge in [-0.2, -0.15) is 0 Å². The first kappa shape index (κ1) is 16.0. The molecule has 0 aliphatic carbocycles. The van der Waals surface area contributed by atoms with Crippen molar-refractivity contribution in [1.29, 1.82) is 0 Å². The molecule has 1 rings (SSSR count). The van der Waals surface area contributed by atoms with Crippen LogP contribution in [0.2, 0.25) is 0 Å². The fraction of sp³-hybridized carbons (Fsp3) is 0.250. The largest absolute Gasteiger partial charge is 0.480 e. The fourth-order valence-electron chi connectivity index (χ4n) is 1.29. The van der Waals surface area contributed by atoms with E-state index in [0.717, 1.165) is 11.8 Å². The molecule has 108 valence electrons. The van der Waals surface area contributed by atoms with Gasteiger partial charge in [0, 0.05) is 5.75 Å². The van der Waals surface area contributed by atoms with Gasteiger partial charge in [0.05, 0.1) is 11.4 Å². The fourth-order valence-corrected chi connectivity index (χ4v) is 2.14. The van der Waals surface area contributed by atoms with E-state index in [0.29, 0.717) is 6.41 Å². The molecule has 1 aromatic carbocycles. The maximum atomic E-state index is 13.3. The number of carbonyl (C=O) groups is 3. The second-order valence-corrected chi connectivity index (χ2v) is 4.75. The summed E-state index contributed by atoms with van der Waals surface area (Å²) >= 11 is 1.03. The molecule has 0 aromatic heterocycles. The minimum atomic E-state index is -1.18. The van der Waals surface area contributed by atoms with Crippen LogP contribution in [0, 0.1) is 5.82 Å². The lowest BCUT2D eigenvalue weighted by molar-refractivity contribution is -0.139. The zero-order valence-electron chi connectivity index (χ0n) is 10.3. The molecule has 0 aliphatic heterocycles. The van der Waals surface area contributed by atoms with Crippen molar-refractivity contribution in [3.8, 4) is 0 Å². The summed E-state index contributed by atoms with van der Waals surface area (Å²) in [6.45, 7) is 0. The van der Waals surface area contributed by atoms with Gasteiger partial charge in [-0.15, -0.1) is 11.8 Å². The Balaban J connectivity index is 2.38. The van der Waals surface area contributed by atoms with E-state index in [2.05, 4.69) is 10.6 Å². The maximum absolute atomic E-state index is 13.3. The highest BCUT2D eigenvalue weighted by atomic mass is 32.2. The van der Waals surface area contributed by atoms with E-state index in [-0.39, 0.29) is 17.2 Å². The quantitative estimate of drug-likeness (QED) is 0.614. The van der Waals surface area contributed by atoms with Gasteiger partial charge in [0.15, 0.2) is 0 Å². The van der Waals surface area contributed by atoms with Crippen molar-refractivity contribution in [3.05, 3.63) is 30.1 Å². The van der Waals surface area contributed by atoms with E-state index in [1.165, 1.54) is 18.2 Å². The van der Waals surface area contributed by atoms with Crippen LogP contribution in [0.5, 0.6) is 0 Å². The Bertz CT molecular complexity index is 498. The first-order valence-corrected chi connectivity index (χ1v) is 6.74. The zero-order valence-corrected chi connectivity index (χ0v) is 11.2. The van der Waals surface area contributed by atoms with Crippen molar-refractivity contribution in [2.75, 3.05) is 16.8 Å². The zero-order chi connectivity index (χ0) is 15.0. The number of rotatable bonds is 8. The molecule has 2 amide bonds. The second-order valence-electron chi connectivity index (χ2n) is 3.72. The van der Waals surface area contributed by atoms with Gasteiger partial charge in [-0.05, 0) is 12.1 Å². The lowest BCUT2D eigenvalue weighted by Crippen LogP contribution is -2.38. The molecule has 0 saturated heterocycles. The van der Waals surface area contributed by atoms with Crippen molar-refractivity contribution in [3.63, 3.8) is 0 Å². The molecule has 6 nitrogen and oxygen atoms in total. The van der Waals surface area contributed by atoms with Crippen LogP contribution in [-0.4, -0.2) is 40.9 Å². The molecular formula is C12H13FN2O4S. The Morgan fingerprint density at radius 1 is 1.40 bits per heavy atom. The minimum absolute atomic E-state index is 0.0404. The molecule has 0 spiro atoms. The summed E-state index contributed by atoms with van der Waals surface area (Å²) in [5, 5.41) is 13.3. The number of amides is 2. The lowest BCUT2D eigenvalue weighted by atomic mass is 10.3. The van der Waals surface area contributed by atoms with Crippen LogP contribution in [0.15, 0.2) is 24.3 Å². The van der Waals surface area contributed by atoms with E-state index in [1.54, 1.807) is 6.07 Å². The number of carbonyl (C=O) groups excluding carboxylic acids is 2. The number of hydrogen-bond acceptors (Lipinski definition) is 4. The third-order valence-corrected chi connectivity index (χ3v) is 3.27. The van der Waals surface area contributed by atoms with E-state index in [9.17, 15) is 18.8 Å². The van der Waals surface area contributed by atoms with Crippen molar-refractivity contribution in [2.24, 2.45) is 0 Å². The summed E-state index contributed by atoms with van der Waals surface area (Å²) in [4.78, 5) is 32.4. The van der Waals surface area contributed by atoms with Gasteiger partial charge in [-0.3, -0.25) is 9.59 Å². The number of halogens is 1. The Hall–Kier alpha value is -2.09. The molecule has 20 heavy (non-hydrogen) atoms. The molecule has 0 bridgehead atoms. The van der Waals surface area contributed by atoms with E-state index in [4.69, 9.17) is 5.11 Å². The highest BCUT2D eigenvalue weighted by Crippen LogP contribution is 2.13. The van der Waals surface area contributed by atoms with E-state index in [1.807, 2.05) is 0 Å². The van der Waals surface area contributed by atoms with Gasteiger partial charge >= 0.3 is 5.97 Å². The highest BCUT2D eigenvalue weighted by molar-refractivity contribution is 8.00. The Morgan fingerprint density at radius 3 is 2.70 bits per heavy atom. The Labute approximate surface area is 118 Å². The summed E-state index contributed by atoms with van der Waals surface area (Å²) < 4.78 is 13.3. The van der Waals surface area contributed by atoms with Crippen LogP contribution in [0.3, 0.4) is 0 Å². The van der Waals surface area contributed by atoms with E-state index < -0.39 is 23.7 Å². The maximum Gasteiger partial charge on any atom is 0.327 e. The number of para-hydroxylation sites is 1. The molecule has 8 heteroatoms. The topological polar surface area (TPSA) is 95.5 Å². The van der Waals surface area contributed by atoms with Crippen molar-refractivity contribution >= 4 is 35.7 Å². The van der Waals surface area contributed by atoms with Crippen molar-refractivity contribution in [1.82, 2.24) is 5.32 Å². The third kappa shape index (κ3) is 5.27. The van der Waals surface area contributed by atoms with E-state index >= 15 is 0 Å². The van der Waals surface area contributed by atoms with Crippen LogP contribution >= 0.6 is 11.8 Å². The number of anilines is 1. The molecule has 1 atom stereocenters. The number of carboxylic acid groups (broad SMARTS) is 1. The molecule has 3 N–H and O–H groups in total. The molecule has 0 fully saturated rings. The van der Waals surface area contributed by atoms with Gasteiger partial charge in [0.2, 0.25) is 12.3 Å². The van der Waals surface area contributed by atoms with Crippen molar-refractivity contribution in [2.45, 2.75) is 6.04 Å². The first-order chi connectivity index (χ1) is 9.54. The lowest BCUT2D eigenvalue weighted by Gasteiger charge is -2.10. The number of nitrogens with one attached hydrogen (secondary N) is 2. The molecule has 0 aliphatic rings. The number of benzene rings is 1. The Kier molecular flexibility index (Phi) is 6.51. The minimum Gasteiger partial charge on any atom is -0.480 e. The standard InChI is InChI=1S/C12H13FN2O4S/c13-8-3-1-2-4-9(8)15-11(17)6-20-5-10(12(18)19)14-7-16/h1-4,7,10H,5-6H2,(H,14,16)(H,15,17)(H,18,19). The van der Waals surface area contributed by atoms with Gasteiger partial charge in [-0.25, -0.2) is 9.18 Å². The molecule has 0 radical (unpaired) electrons. The van der Waals surface area contributed by atoms with Crippen LogP contribution in [0.1, 0.15) is 0 Å². The van der Waals surface area contributed by atoms with Gasteiger partial charge in [0.1, 0.15) is 11.9 Å². The first-order valence-electron chi connectivity index (χ1n) is 5.59. The summed E-state index contributed by atoms with van der Waals surface area (Å²) in [7, 11) is 0. The Morgan fingerprint density at radius 2 is 2.10 bits per heavy atom. The monoisotopic (exact) mass is 300 g/mol. The molecule has 0 heterocycles. The smallest absolute Gasteiger partial charge is 0.327 e. The summed E-state index contributed by atoms with van der Waals surface area (Å²) in [5.41, 5.74) is 0.0684. The van der Waals surface area contributed by atoms with Crippen LogP contribution in [0.4, 0.5) is 10.1 Å². The summed E-state index contributed by atoms with van der Waals surface area (Å²) in [6.07, 6.45) is 0.290. The summed E-state index contributed by atoms with van der Waals surface area (Å²) in [5.74, 6) is -2.18. The van der Waals surface area contributed by atoms with Crippen LogP contribution in [-0.2, 0) is 14.4 Å². The third-order valence-electron chi connectivity index (χ3n) is 2.23. The van der Waals surface area contributed by atoms with Gasteiger partial charge in [-0.1, -0.05) is 12.1 Å². The summed E-state index contributed by atoms with van der Waals surface area (Å²) in [6, 6.07) is 4.67. The normalized spacial score (nSPS) is 11.4. The number of aliphatic carboxylic acids is 1. The van der Waals surface area contributed by atoms with Crippen molar-refractivity contribution < 1.29 is 23.9 Å². The van der Waals surface area contributed by atoms with Crippen LogP contribution in [0.25, 0.3) is 0 Å². The highest BCUT2D eigenvalue weighted by Gasteiger charge is 2.16. The molecule has 1 aromatic rings. The number of hydrogen-bond donors (Lipinski definition) is 3. The number of thioether (sulfide) groups is 1. The molecule has 1 unspecified atom stereocenters. The van der Waals surface area contributed by atoms with Crippen LogP contribution < -0.4 is 10.6 Å².